The summed E-state index contributed by atoms with van der Waals surface area (Å²) in [5.41, 5.74) is 2.00. The zero-order valence-corrected chi connectivity index (χ0v) is 30.7. The van der Waals surface area contributed by atoms with E-state index in [1.807, 2.05) is 39.8 Å². The first kappa shape index (κ1) is 40.0. The summed E-state index contributed by atoms with van der Waals surface area (Å²) in [4.78, 5) is 67.9. The van der Waals surface area contributed by atoms with Gasteiger partial charge in [0.1, 0.15) is 30.5 Å². The predicted molar refractivity (Wildman–Crippen MR) is 193 cm³/mol. The molecule has 0 spiro atoms. The molecule has 15 nitrogen and oxygen atoms in total. The van der Waals surface area contributed by atoms with Gasteiger partial charge in [-0.1, -0.05) is 39.8 Å². The molecule has 0 bridgehead atoms. The van der Waals surface area contributed by atoms with Crippen molar-refractivity contribution in [1.29, 1.82) is 0 Å². The topological polar surface area (TPSA) is 188 Å². The number of methoxy groups -OCH3 is 2. The first-order valence-electron chi connectivity index (χ1n) is 17.7. The quantitative estimate of drug-likeness (QED) is 0.171. The van der Waals surface area contributed by atoms with Crippen LogP contribution in [0.1, 0.15) is 58.9 Å². The van der Waals surface area contributed by atoms with Gasteiger partial charge in [0, 0.05) is 31.6 Å². The van der Waals surface area contributed by atoms with E-state index in [4.69, 9.17) is 9.47 Å². The maximum Gasteiger partial charge on any atom is 0.407 e. The summed E-state index contributed by atoms with van der Waals surface area (Å²) in [6.07, 6.45) is 0.427. The summed E-state index contributed by atoms with van der Waals surface area (Å²) >= 11 is 0. The number of likely N-dealkylation sites (tertiary alicyclic amines) is 2. The van der Waals surface area contributed by atoms with Gasteiger partial charge in [0.25, 0.3) is 0 Å². The van der Waals surface area contributed by atoms with Crippen LogP contribution in [-0.4, -0.2) is 103 Å². The Bertz CT molecular complexity index is 1540. The molecule has 5 atom stereocenters. The molecule has 2 fully saturated rings. The number of carbonyl (C=O) groups is 5. The lowest BCUT2D eigenvalue weighted by molar-refractivity contribution is -0.146. The lowest BCUT2D eigenvalue weighted by Crippen LogP contribution is -2.55. The molecule has 2 aromatic rings. The van der Waals surface area contributed by atoms with Gasteiger partial charge in [-0.3, -0.25) is 24.5 Å². The summed E-state index contributed by atoms with van der Waals surface area (Å²) in [5, 5.41) is 21.0. The van der Waals surface area contributed by atoms with Gasteiger partial charge < -0.3 is 45.1 Å². The number of benzene rings is 2. The van der Waals surface area contributed by atoms with Crippen molar-refractivity contribution < 1.29 is 43.3 Å². The summed E-state index contributed by atoms with van der Waals surface area (Å²) in [6, 6.07) is 11.3. The van der Waals surface area contributed by atoms with Gasteiger partial charge in [0.15, 0.2) is 0 Å². The van der Waals surface area contributed by atoms with E-state index in [0.717, 1.165) is 5.56 Å². The number of ether oxygens (including phenoxy) is 3. The van der Waals surface area contributed by atoms with Gasteiger partial charge in [0.2, 0.25) is 30.0 Å². The number of aliphatic hydroxyl groups is 1. The highest BCUT2D eigenvalue weighted by atomic mass is 16.6. The van der Waals surface area contributed by atoms with Crippen LogP contribution in [0.2, 0.25) is 0 Å². The van der Waals surface area contributed by atoms with Crippen LogP contribution in [0.4, 0.5) is 16.2 Å². The highest BCUT2D eigenvalue weighted by molar-refractivity contribution is 5.99. The molecule has 15 heteroatoms. The van der Waals surface area contributed by atoms with E-state index >= 15 is 0 Å². The normalized spacial score (nSPS) is 18.9. The molecule has 0 aromatic heterocycles. The fourth-order valence-electron chi connectivity index (χ4n) is 6.37. The third-order valence-corrected chi connectivity index (χ3v) is 9.30. The Morgan fingerprint density at radius 3 is 1.69 bits per heavy atom. The van der Waals surface area contributed by atoms with E-state index < -0.39 is 36.7 Å². The Labute approximate surface area is 304 Å². The van der Waals surface area contributed by atoms with Crippen LogP contribution < -0.4 is 26.0 Å². The molecule has 0 aliphatic carbocycles. The number of rotatable bonds is 15. The highest BCUT2D eigenvalue weighted by Gasteiger charge is 2.40. The third-order valence-electron chi connectivity index (χ3n) is 9.30. The summed E-state index contributed by atoms with van der Waals surface area (Å²) in [7, 11) is 2.57. The highest BCUT2D eigenvalue weighted by Crippen LogP contribution is 2.25. The van der Waals surface area contributed by atoms with Crippen molar-refractivity contribution in [3.8, 4) is 5.75 Å². The second kappa shape index (κ2) is 18.7. The van der Waals surface area contributed by atoms with Gasteiger partial charge in [-0.15, -0.1) is 0 Å². The van der Waals surface area contributed by atoms with Gasteiger partial charge in [-0.25, -0.2) is 4.79 Å². The van der Waals surface area contributed by atoms with E-state index in [9.17, 15) is 29.1 Å². The number of anilines is 2. The van der Waals surface area contributed by atoms with Crippen molar-refractivity contribution >= 4 is 41.1 Å². The smallest absolute Gasteiger partial charge is 0.407 e. The number of hydrogen-bond donors (Lipinski definition) is 5. The Hall–Kier alpha value is -4.73. The van der Waals surface area contributed by atoms with Crippen molar-refractivity contribution in [1.82, 2.24) is 20.4 Å². The van der Waals surface area contributed by atoms with Crippen LogP contribution in [0.25, 0.3) is 0 Å². The van der Waals surface area contributed by atoms with Gasteiger partial charge in [-0.2, -0.15) is 0 Å². The Balaban J connectivity index is 1.27. The number of carbonyl (C=O) groups excluding carboxylic acids is 5. The largest absolute Gasteiger partial charge is 0.489 e. The fourth-order valence-corrected chi connectivity index (χ4v) is 6.37. The standard InChI is InChI=1S/C37H52N6O9/c1-22(2)30(40-36(48)50-5)34(46)42-19-7-9-28(42)32(44)38-25-13-11-24(12-14-25)21-52-27-17-15-26(16-18-27)39-33(45)29-10-8-20-43(29)35(47)31(23(3)4)41-37(49)51-6/h11-18,22-23,28-31,37,41,49H,7-10,19-21H2,1-6H3,(H,38,44)(H,39,45)(H,40,48)/t28-,29-,30-,31-,37?/m0/s1. The Morgan fingerprint density at radius 2 is 1.23 bits per heavy atom. The zero-order valence-electron chi connectivity index (χ0n) is 30.7. The van der Waals surface area contributed by atoms with Crippen molar-refractivity contribution in [3.05, 3.63) is 54.1 Å². The molecule has 0 radical (unpaired) electrons. The second-order valence-corrected chi connectivity index (χ2v) is 13.7. The van der Waals surface area contributed by atoms with E-state index in [0.29, 0.717) is 55.9 Å². The zero-order chi connectivity index (χ0) is 37.9. The first-order valence-corrected chi connectivity index (χ1v) is 17.7. The number of amides is 5. The molecule has 2 heterocycles. The average Bonchev–Trinajstić information content (AvgIpc) is 3.83. The SMILES string of the molecule is COC(=O)N[C@H](C(=O)N1CCC[C@H]1C(=O)Nc1ccc(COc2ccc(NC(=O)[C@@H]3CCCN3C(=O)[C@@H](NC(O)OC)C(C)C)cc2)cc1)C(C)C. The van der Waals surface area contributed by atoms with Gasteiger partial charge in [0.05, 0.1) is 13.2 Å². The number of hydrogen-bond acceptors (Lipinski definition) is 10. The molecular formula is C37H52N6O9. The lowest BCUT2D eigenvalue weighted by atomic mass is 10.0. The van der Waals surface area contributed by atoms with Crippen molar-refractivity contribution in [2.45, 2.75) is 90.6 Å². The summed E-state index contributed by atoms with van der Waals surface area (Å²) in [5.74, 6) is -0.910. The maximum absolute atomic E-state index is 13.3. The predicted octanol–water partition coefficient (Wildman–Crippen LogP) is 3.04. The number of nitrogens with zero attached hydrogens (tertiary/aromatic N) is 2. The molecular weight excluding hydrogens is 672 g/mol. The first-order chi connectivity index (χ1) is 24.8. The molecule has 0 saturated carbocycles. The van der Waals surface area contributed by atoms with E-state index in [1.165, 1.54) is 19.1 Å². The van der Waals surface area contributed by atoms with Crippen molar-refractivity contribution in [3.63, 3.8) is 0 Å². The molecule has 4 rings (SSSR count). The van der Waals surface area contributed by atoms with Crippen LogP contribution in [0.15, 0.2) is 48.5 Å². The van der Waals surface area contributed by atoms with Crippen LogP contribution in [0.5, 0.6) is 5.75 Å². The minimum atomic E-state index is -1.30. The number of aliphatic hydroxyl groups excluding tert-OH is 1. The van der Waals surface area contributed by atoms with Crippen LogP contribution in [-0.2, 0) is 35.3 Å². The number of nitrogens with one attached hydrogen (secondary N) is 4. The summed E-state index contributed by atoms with van der Waals surface area (Å²) in [6.45, 7) is 8.49. The molecule has 2 aliphatic heterocycles. The third kappa shape index (κ3) is 10.4. The molecule has 2 aromatic carbocycles. The van der Waals surface area contributed by atoms with Crippen LogP contribution >= 0.6 is 0 Å². The van der Waals surface area contributed by atoms with Crippen LogP contribution in [0.3, 0.4) is 0 Å². The summed E-state index contributed by atoms with van der Waals surface area (Å²) < 4.78 is 15.5. The second-order valence-electron chi connectivity index (χ2n) is 13.7. The minimum Gasteiger partial charge on any atom is -0.489 e. The van der Waals surface area contributed by atoms with Crippen LogP contribution in [0, 0.1) is 11.8 Å². The van der Waals surface area contributed by atoms with E-state index in [-0.39, 0.29) is 42.1 Å². The van der Waals surface area contributed by atoms with Gasteiger partial charge in [-0.05, 0) is 79.5 Å². The minimum absolute atomic E-state index is 0.137. The maximum atomic E-state index is 13.3. The Kier molecular flexibility index (Phi) is 14.4. The average molecular weight is 725 g/mol. The molecule has 284 valence electrons. The molecule has 2 saturated heterocycles. The van der Waals surface area contributed by atoms with E-state index in [2.05, 4.69) is 26.0 Å². The molecule has 52 heavy (non-hydrogen) atoms. The van der Waals surface area contributed by atoms with Crippen molar-refractivity contribution in [2.75, 3.05) is 37.9 Å². The monoisotopic (exact) mass is 724 g/mol. The molecule has 5 N–H and O–H groups in total. The molecule has 1 unspecified atom stereocenters. The molecule has 5 amide bonds. The van der Waals surface area contributed by atoms with E-state index in [1.54, 1.807) is 41.3 Å². The lowest BCUT2D eigenvalue weighted by Gasteiger charge is -2.31. The molecule has 2 aliphatic rings. The van der Waals surface area contributed by atoms with Gasteiger partial charge >= 0.3 is 6.09 Å². The van der Waals surface area contributed by atoms with Crippen molar-refractivity contribution in [2.24, 2.45) is 11.8 Å². The number of alkyl carbamates (subject to hydrolysis) is 1. The Morgan fingerprint density at radius 1 is 0.750 bits per heavy atom. The fraction of sp³-hybridized carbons (Fsp3) is 0.541.